The van der Waals surface area contributed by atoms with E-state index in [0.717, 1.165) is 0 Å². The fourth-order valence-electron chi connectivity index (χ4n) is 2.69. The van der Waals surface area contributed by atoms with E-state index in [1.165, 1.54) is 0 Å². The van der Waals surface area contributed by atoms with E-state index in [1.54, 1.807) is 6.92 Å². The Bertz CT molecular complexity index is 1140. The second kappa shape index (κ2) is 9.92. The van der Waals surface area contributed by atoms with Crippen molar-refractivity contribution in [3.8, 4) is 0 Å². The van der Waals surface area contributed by atoms with E-state index < -0.39 is 63.7 Å². The summed E-state index contributed by atoms with van der Waals surface area (Å²) in [6, 6.07) is 0.974. The van der Waals surface area contributed by atoms with Gasteiger partial charge in [0.1, 0.15) is 11.4 Å². The van der Waals surface area contributed by atoms with Crippen LogP contribution in [0.2, 0.25) is 0 Å². The molecule has 1 atom stereocenters. The second-order valence-electron chi connectivity index (χ2n) is 7.20. The summed E-state index contributed by atoms with van der Waals surface area (Å²) in [4.78, 5) is 51.0. The van der Waals surface area contributed by atoms with Crippen molar-refractivity contribution in [3.05, 3.63) is 56.4 Å². The summed E-state index contributed by atoms with van der Waals surface area (Å²) >= 11 is 0. The molecule has 2 amide bonds. The van der Waals surface area contributed by atoms with E-state index in [9.17, 15) is 45.5 Å². The van der Waals surface area contributed by atoms with Crippen molar-refractivity contribution in [1.29, 1.82) is 0 Å². The summed E-state index contributed by atoms with van der Waals surface area (Å²) in [7, 11) is 0. The molecule has 180 valence electrons. The van der Waals surface area contributed by atoms with Crippen LogP contribution in [0.3, 0.4) is 0 Å². The maximum absolute atomic E-state index is 12.7. The number of halogens is 6. The van der Waals surface area contributed by atoms with Gasteiger partial charge in [0.05, 0.1) is 11.1 Å². The van der Waals surface area contributed by atoms with Gasteiger partial charge in [-0.1, -0.05) is 6.92 Å². The minimum Gasteiger partial charge on any atom is -0.327 e. The average molecular weight is 480 g/mol. The lowest BCUT2D eigenvalue weighted by molar-refractivity contribution is -0.138. The Morgan fingerprint density at radius 3 is 1.70 bits per heavy atom. The molecule has 2 rings (SSSR count). The minimum atomic E-state index is -4.73. The van der Waals surface area contributed by atoms with Crippen LogP contribution in [-0.2, 0) is 21.9 Å². The molecule has 2 aromatic heterocycles. The molecule has 0 aliphatic rings. The summed E-state index contributed by atoms with van der Waals surface area (Å²) in [5, 5.41) is 4.14. The maximum atomic E-state index is 12.7. The molecule has 0 saturated carbocycles. The SMILES string of the molecule is CC(CCC(=O)Nc1cc(C(F)(F)F)c[nH]c1=O)CC(=O)Nc1cc(C(F)(F)F)c[nH]c1=O. The number of amides is 2. The van der Waals surface area contributed by atoms with Gasteiger partial charge in [-0.2, -0.15) is 26.3 Å². The predicted molar refractivity (Wildman–Crippen MR) is 104 cm³/mol. The number of carbonyl (C=O) groups is 2. The zero-order chi connectivity index (χ0) is 25.0. The van der Waals surface area contributed by atoms with Crippen LogP contribution in [0.15, 0.2) is 34.1 Å². The molecule has 0 radical (unpaired) electrons. The number of hydrogen-bond acceptors (Lipinski definition) is 4. The first kappa shape index (κ1) is 25.7. The van der Waals surface area contributed by atoms with Crippen molar-refractivity contribution in [2.75, 3.05) is 10.6 Å². The van der Waals surface area contributed by atoms with Gasteiger partial charge in [0.15, 0.2) is 0 Å². The highest BCUT2D eigenvalue weighted by atomic mass is 19.4. The molecule has 2 aromatic rings. The molecule has 8 nitrogen and oxygen atoms in total. The highest BCUT2D eigenvalue weighted by Gasteiger charge is 2.32. The Kier molecular flexibility index (Phi) is 7.72. The van der Waals surface area contributed by atoms with Crippen LogP contribution >= 0.6 is 0 Å². The standard InChI is InChI=1S/C19H18F6N4O4/c1-9(4-15(31)29-13-6-11(19(23,24)25)8-27-17(13)33)2-3-14(30)28-12-5-10(18(20,21)22)7-26-16(12)32/h5-9H,2-4H2,1H3,(H,26,32)(H,27,33)(H,28,30)(H,29,31). The summed E-state index contributed by atoms with van der Waals surface area (Å²) in [6.07, 6.45) is -8.97. The van der Waals surface area contributed by atoms with Crippen LogP contribution in [0.25, 0.3) is 0 Å². The van der Waals surface area contributed by atoms with E-state index in [4.69, 9.17) is 0 Å². The summed E-state index contributed by atoms with van der Waals surface area (Å²) in [5.74, 6) is -2.04. The number of carbonyl (C=O) groups excluding carboxylic acids is 2. The fourth-order valence-corrected chi connectivity index (χ4v) is 2.69. The number of nitrogens with one attached hydrogen (secondary N) is 4. The monoisotopic (exact) mass is 480 g/mol. The lowest BCUT2D eigenvalue weighted by Gasteiger charge is -2.13. The van der Waals surface area contributed by atoms with Crippen LogP contribution in [0.1, 0.15) is 37.3 Å². The minimum absolute atomic E-state index is 0.0646. The number of hydrogen-bond donors (Lipinski definition) is 4. The summed E-state index contributed by atoms with van der Waals surface area (Å²) < 4.78 is 76.4. The molecule has 4 N–H and O–H groups in total. The third-order valence-electron chi connectivity index (χ3n) is 4.41. The molecule has 0 spiro atoms. The second-order valence-corrected chi connectivity index (χ2v) is 7.20. The maximum Gasteiger partial charge on any atom is 0.417 e. The van der Waals surface area contributed by atoms with Gasteiger partial charge in [-0.15, -0.1) is 0 Å². The van der Waals surface area contributed by atoms with Crippen molar-refractivity contribution in [2.45, 2.75) is 38.5 Å². The van der Waals surface area contributed by atoms with Crippen molar-refractivity contribution in [1.82, 2.24) is 9.97 Å². The van der Waals surface area contributed by atoms with Crippen molar-refractivity contribution >= 4 is 23.2 Å². The van der Waals surface area contributed by atoms with Gasteiger partial charge in [-0.25, -0.2) is 0 Å². The Hall–Kier alpha value is -3.58. The molecule has 0 fully saturated rings. The number of alkyl halides is 6. The smallest absolute Gasteiger partial charge is 0.327 e. The molecular formula is C19H18F6N4O4. The first-order chi connectivity index (χ1) is 15.2. The first-order valence-electron chi connectivity index (χ1n) is 9.36. The lowest BCUT2D eigenvalue weighted by Crippen LogP contribution is -2.23. The zero-order valence-corrected chi connectivity index (χ0v) is 16.9. The van der Waals surface area contributed by atoms with Gasteiger partial charge in [-0.3, -0.25) is 19.2 Å². The summed E-state index contributed by atoms with van der Waals surface area (Å²) in [5.41, 5.74) is -5.38. The molecular weight excluding hydrogens is 462 g/mol. The molecule has 2 heterocycles. The van der Waals surface area contributed by atoms with Crippen LogP contribution in [0, 0.1) is 5.92 Å². The fraction of sp³-hybridized carbons (Fsp3) is 0.368. The quantitative estimate of drug-likeness (QED) is 0.453. The van der Waals surface area contributed by atoms with E-state index in [0.29, 0.717) is 24.5 Å². The molecule has 1 unspecified atom stereocenters. The highest BCUT2D eigenvalue weighted by Crippen LogP contribution is 2.30. The topological polar surface area (TPSA) is 124 Å². The van der Waals surface area contributed by atoms with Gasteiger partial charge in [-0.05, 0) is 24.5 Å². The summed E-state index contributed by atoms with van der Waals surface area (Å²) in [6.45, 7) is 1.54. The molecule has 33 heavy (non-hydrogen) atoms. The Labute approximate surface area is 181 Å². The normalized spacial score (nSPS) is 12.8. The number of anilines is 2. The van der Waals surface area contributed by atoms with Gasteiger partial charge >= 0.3 is 12.4 Å². The van der Waals surface area contributed by atoms with Crippen LogP contribution in [-0.4, -0.2) is 21.8 Å². The van der Waals surface area contributed by atoms with E-state index >= 15 is 0 Å². The Morgan fingerprint density at radius 2 is 1.27 bits per heavy atom. The zero-order valence-electron chi connectivity index (χ0n) is 16.9. The van der Waals surface area contributed by atoms with Crippen LogP contribution < -0.4 is 21.8 Å². The Balaban J connectivity index is 1.91. The molecule has 0 bridgehead atoms. The molecule has 14 heteroatoms. The largest absolute Gasteiger partial charge is 0.417 e. The number of aromatic nitrogens is 2. The van der Waals surface area contributed by atoms with Gasteiger partial charge < -0.3 is 20.6 Å². The number of aromatic amines is 2. The van der Waals surface area contributed by atoms with Crippen molar-refractivity contribution < 1.29 is 35.9 Å². The highest BCUT2D eigenvalue weighted by molar-refractivity contribution is 5.91. The van der Waals surface area contributed by atoms with Crippen molar-refractivity contribution in [2.24, 2.45) is 5.92 Å². The third-order valence-corrected chi connectivity index (χ3v) is 4.41. The number of pyridine rings is 2. The number of H-pyrrole nitrogens is 2. The third kappa shape index (κ3) is 7.50. The Morgan fingerprint density at radius 1 is 0.848 bits per heavy atom. The number of rotatable bonds is 7. The molecule has 0 aliphatic carbocycles. The van der Waals surface area contributed by atoms with Gasteiger partial charge in [0.2, 0.25) is 11.8 Å². The first-order valence-corrected chi connectivity index (χ1v) is 9.36. The van der Waals surface area contributed by atoms with E-state index in [2.05, 4.69) is 10.6 Å². The van der Waals surface area contributed by atoms with E-state index in [-0.39, 0.29) is 19.3 Å². The molecule has 0 aromatic carbocycles. The average Bonchev–Trinajstić information content (AvgIpc) is 2.68. The van der Waals surface area contributed by atoms with Gasteiger partial charge in [0.25, 0.3) is 11.1 Å². The lowest BCUT2D eigenvalue weighted by atomic mass is 10.0. The molecule has 0 saturated heterocycles. The van der Waals surface area contributed by atoms with E-state index in [1.807, 2.05) is 9.97 Å². The van der Waals surface area contributed by atoms with Gasteiger partial charge in [0, 0.05) is 25.2 Å². The van der Waals surface area contributed by atoms with Crippen LogP contribution in [0.5, 0.6) is 0 Å². The van der Waals surface area contributed by atoms with Crippen molar-refractivity contribution in [3.63, 3.8) is 0 Å². The van der Waals surface area contributed by atoms with Crippen LogP contribution in [0.4, 0.5) is 37.7 Å². The predicted octanol–water partition coefficient (Wildman–Crippen LogP) is 3.48. The molecule has 0 aliphatic heterocycles.